The Morgan fingerprint density at radius 1 is 1.10 bits per heavy atom. The Labute approximate surface area is 175 Å². The number of hydrogen-bond donors (Lipinski definition) is 2. The summed E-state index contributed by atoms with van der Waals surface area (Å²) >= 11 is 0. The maximum Gasteiger partial charge on any atom is 0.325 e. The number of urea groups is 1. The van der Waals surface area contributed by atoms with Crippen LogP contribution in [0.3, 0.4) is 0 Å². The van der Waals surface area contributed by atoms with Crippen LogP contribution in [0.2, 0.25) is 0 Å². The third kappa shape index (κ3) is 3.44. The predicted octanol–water partition coefficient (Wildman–Crippen LogP) is 3.61. The first-order valence-corrected chi connectivity index (χ1v) is 9.95. The standard InChI is InChI=1S/C23H27N3O4/c1-12(2)16-7-9-17(10-8-16)23(6)21(29)26(22(30)25-23)11-18(28)20-13(3)19(15(5)27)14(4)24-20/h7-10,12,24H,11H2,1-6H3,(H,25,30). The van der Waals surface area contributed by atoms with Gasteiger partial charge < -0.3 is 10.3 Å². The molecule has 3 amide bonds. The van der Waals surface area contributed by atoms with Crippen LogP contribution >= 0.6 is 0 Å². The molecule has 1 aliphatic rings. The van der Waals surface area contributed by atoms with E-state index >= 15 is 0 Å². The number of aromatic nitrogens is 1. The van der Waals surface area contributed by atoms with Gasteiger partial charge in [-0.05, 0) is 50.3 Å². The molecule has 1 aromatic carbocycles. The van der Waals surface area contributed by atoms with Crippen molar-refractivity contribution in [1.82, 2.24) is 15.2 Å². The Kier molecular flexibility index (Phi) is 5.41. The van der Waals surface area contributed by atoms with Crippen LogP contribution in [0.4, 0.5) is 4.79 Å². The number of ketones is 2. The topological polar surface area (TPSA) is 99.3 Å². The number of H-pyrrole nitrogens is 1. The summed E-state index contributed by atoms with van der Waals surface area (Å²) in [4.78, 5) is 54.2. The summed E-state index contributed by atoms with van der Waals surface area (Å²) in [5.74, 6) is -0.702. The molecule has 3 rings (SSSR count). The minimum atomic E-state index is -1.24. The second kappa shape index (κ2) is 7.55. The van der Waals surface area contributed by atoms with Crippen molar-refractivity contribution in [2.45, 2.75) is 53.0 Å². The molecule has 0 bridgehead atoms. The number of aromatic amines is 1. The molecular weight excluding hydrogens is 382 g/mol. The number of carbonyl (C=O) groups is 4. The van der Waals surface area contributed by atoms with Crippen molar-refractivity contribution in [3.8, 4) is 0 Å². The number of hydrogen-bond acceptors (Lipinski definition) is 4. The van der Waals surface area contributed by atoms with E-state index in [1.165, 1.54) is 6.92 Å². The molecule has 0 aliphatic carbocycles. The van der Waals surface area contributed by atoms with Crippen LogP contribution in [0.5, 0.6) is 0 Å². The van der Waals surface area contributed by atoms with Gasteiger partial charge in [-0.2, -0.15) is 0 Å². The highest BCUT2D eigenvalue weighted by molar-refractivity contribution is 6.12. The number of imide groups is 1. The van der Waals surface area contributed by atoms with E-state index in [1.54, 1.807) is 20.8 Å². The largest absolute Gasteiger partial charge is 0.355 e. The monoisotopic (exact) mass is 409 g/mol. The lowest BCUT2D eigenvalue weighted by Crippen LogP contribution is -2.41. The molecule has 7 heteroatoms. The number of nitrogens with zero attached hydrogens (tertiary/aromatic N) is 1. The zero-order chi connectivity index (χ0) is 22.4. The van der Waals surface area contributed by atoms with Gasteiger partial charge in [0.2, 0.25) is 0 Å². The number of Topliss-reactive ketones (excluding diaryl/α,β-unsaturated/α-hetero) is 2. The van der Waals surface area contributed by atoms with Gasteiger partial charge in [0.25, 0.3) is 5.91 Å². The van der Waals surface area contributed by atoms with Crippen molar-refractivity contribution < 1.29 is 19.2 Å². The fraction of sp³-hybridized carbons (Fsp3) is 0.391. The second-order valence-corrected chi connectivity index (χ2v) is 8.33. The van der Waals surface area contributed by atoms with Crippen LogP contribution in [0.1, 0.15) is 76.8 Å². The summed E-state index contributed by atoms with van der Waals surface area (Å²) < 4.78 is 0. The summed E-state index contributed by atoms with van der Waals surface area (Å²) in [6, 6.07) is 6.92. The van der Waals surface area contributed by atoms with Gasteiger partial charge in [-0.3, -0.25) is 19.3 Å². The Morgan fingerprint density at radius 3 is 2.20 bits per heavy atom. The highest BCUT2D eigenvalue weighted by Crippen LogP contribution is 2.30. The van der Waals surface area contributed by atoms with Gasteiger partial charge >= 0.3 is 6.03 Å². The lowest BCUT2D eigenvalue weighted by molar-refractivity contribution is -0.130. The Hall–Kier alpha value is -3.22. The van der Waals surface area contributed by atoms with Crippen molar-refractivity contribution >= 4 is 23.5 Å². The van der Waals surface area contributed by atoms with Gasteiger partial charge in [0, 0.05) is 11.3 Å². The molecule has 30 heavy (non-hydrogen) atoms. The average molecular weight is 409 g/mol. The summed E-state index contributed by atoms with van der Waals surface area (Å²) in [6.07, 6.45) is 0. The molecule has 0 saturated carbocycles. The molecule has 2 aromatic rings. The molecule has 1 aliphatic heterocycles. The first-order valence-electron chi connectivity index (χ1n) is 9.95. The van der Waals surface area contributed by atoms with Crippen LogP contribution in [0, 0.1) is 13.8 Å². The van der Waals surface area contributed by atoms with E-state index < -0.39 is 29.8 Å². The third-order valence-electron chi connectivity index (χ3n) is 5.80. The number of carbonyl (C=O) groups excluding carboxylic acids is 4. The maximum absolute atomic E-state index is 13.1. The van der Waals surface area contributed by atoms with Crippen molar-refractivity contribution in [3.05, 3.63) is 57.9 Å². The maximum atomic E-state index is 13.1. The van der Waals surface area contributed by atoms with Crippen LogP contribution < -0.4 is 5.32 Å². The van der Waals surface area contributed by atoms with Crippen LogP contribution in [-0.2, 0) is 10.3 Å². The lowest BCUT2D eigenvalue weighted by atomic mass is 9.90. The molecule has 158 valence electrons. The molecule has 2 heterocycles. The van der Waals surface area contributed by atoms with Gasteiger partial charge in [-0.25, -0.2) is 4.79 Å². The molecule has 1 fully saturated rings. The average Bonchev–Trinajstić information content (AvgIpc) is 3.09. The van der Waals surface area contributed by atoms with Crippen LogP contribution in [-0.4, -0.2) is 39.9 Å². The van der Waals surface area contributed by atoms with Gasteiger partial charge in [0.1, 0.15) is 5.54 Å². The number of aryl methyl sites for hydroxylation is 1. The van der Waals surface area contributed by atoms with Gasteiger partial charge in [0.05, 0.1) is 12.2 Å². The third-order valence-corrected chi connectivity index (χ3v) is 5.80. The summed E-state index contributed by atoms with van der Waals surface area (Å²) in [6.45, 7) is 10.2. The van der Waals surface area contributed by atoms with Crippen molar-refractivity contribution in [2.75, 3.05) is 6.54 Å². The molecule has 2 N–H and O–H groups in total. The lowest BCUT2D eigenvalue weighted by Gasteiger charge is -2.22. The van der Waals surface area contributed by atoms with E-state index in [4.69, 9.17) is 0 Å². The van der Waals surface area contributed by atoms with E-state index in [0.717, 1.165) is 10.5 Å². The van der Waals surface area contributed by atoms with Crippen LogP contribution in [0.25, 0.3) is 0 Å². The minimum absolute atomic E-state index is 0.146. The Morgan fingerprint density at radius 2 is 1.70 bits per heavy atom. The molecule has 0 spiro atoms. The highest BCUT2D eigenvalue weighted by Gasteiger charge is 2.49. The van der Waals surface area contributed by atoms with E-state index in [0.29, 0.717) is 28.3 Å². The number of nitrogens with one attached hydrogen (secondary N) is 2. The molecule has 0 radical (unpaired) electrons. The molecule has 7 nitrogen and oxygen atoms in total. The first kappa shape index (κ1) is 21.5. The van der Waals surface area contributed by atoms with Gasteiger partial charge in [0.15, 0.2) is 11.6 Å². The van der Waals surface area contributed by atoms with Gasteiger partial charge in [-0.1, -0.05) is 38.1 Å². The van der Waals surface area contributed by atoms with Crippen molar-refractivity contribution in [3.63, 3.8) is 0 Å². The van der Waals surface area contributed by atoms with E-state index in [2.05, 4.69) is 24.1 Å². The number of amides is 3. The minimum Gasteiger partial charge on any atom is -0.355 e. The molecule has 1 atom stereocenters. The fourth-order valence-electron chi connectivity index (χ4n) is 4.02. The fourth-order valence-corrected chi connectivity index (χ4v) is 4.02. The quantitative estimate of drug-likeness (QED) is 0.562. The van der Waals surface area contributed by atoms with E-state index in [9.17, 15) is 19.2 Å². The van der Waals surface area contributed by atoms with E-state index in [1.807, 2.05) is 24.3 Å². The highest BCUT2D eigenvalue weighted by atomic mass is 16.2. The molecule has 1 saturated heterocycles. The summed E-state index contributed by atoms with van der Waals surface area (Å²) in [5, 5.41) is 2.72. The zero-order valence-electron chi connectivity index (χ0n) is 18.2. The van der Waals surface area contributed by atoms with E-state index in [-0.39, 0.29) is 11.5 Å². The van der Waals surface area contributed by atoms with Gasteiger partial charge in [-0.15, -0.1) is 0 Å². The molecule has 1 aromatic heterocycles. The second-order valence-electron chi connectivity index (χ2n) is 8.33. The SMILES string of the molecule is CC(=O)c1c(C)[nH]c(C(=O)CN2C(=O)NC(C)(c3ccc(C(C)C)cc3)C2=O)c1C. The number of rotatable bonds is 6. The molecular formula is C23H27N3O4. The zero-order valence-corrected chi connectivity index (χ0v) is 18.2. The predicted molar refractivity (Wildman–Crippen MR) is 113 cm³/mol. The normalized spacial score (nSPS) is 18.8. The Bertz CT molecular complexity index is 1050. The summed E-state index contributed by atoms with van der Waals surface area (Å²) in [5.41, 5.74) is 2.38. The van der Waals surface area contributed by atoms with Crippen molar-refractivity contribution in [2.24, 2.45) is 0 Å². The summed E-state index contributed by atoms with van der Waals surface area (Å²) in [7, 11) is 0. The number of benzene rings is 1. The van der Waals surface area contributed by atoms with Crippen molar-refractivity contribution in [1.29, 1.82) is 0 Å². The molecule has 1 unspecified atom stereocenters. The van der Waals surface area contributed by atoms with Crippen LogP contribution in [0.15, 0.2) is 24.3 Å². The smallest absolute Gasteiger partial charge is 0.325 e. The first-order chi connectivity index (χ1) is 14.0. The Balaban J connectivity index is 1.85.